The maximum absolute atomic E-state index is 12.5. The second-order valence-electron chi connectivity index (χ2n) is 6.91. The molecule has 1 saturated carbocycles. The molecule has 0 unspecified atom stereocenters. The second kappa shape index (κ2) is 7.27. The third-order valence-electron chi connectivity index (χ3n) is 5.35. The highest BCUT2D eigenvalue weighted by Gasteiger charge is 2.31. The summed E-state index contributed by atoms with van der Waals surface area (Å²) in [5, 5.41) is 13.2. The lowest BCUT2D eigenvalue weighted by atomic mass is 9.91. The molecule has 1 aliphatic heterocycles. The molecule has 2 atom stereocenters. The standard InChI is InChI=1S/C18H24N4O2S/c23-16-4-2-1-3-15(16)21-7-9-22(10-8-21)18(24)20-13-5-6-17-14(11-13)19-12-25-17/h5-6,11-12,15-16,23H,1-4,7-10H2,(H,20,24)/t15-,16-/m0/s1. The lowest BCUT2D eigenvalue weighted by Gasteiger charge is -2.42. The molecular weight excluding hydrogens is 336 g/mol. The number of amides is 2. The summed E-state index contributed by atoms with van der Waals surface area (Å²) >= 11 is 1.60. The summed E-state index contributed by atoms with van der Waals surface area (Å²) in [6.45, 7) is 3.07. The van der Waals surface area contributed by atoms with Crippen molar-refractivity contribution in [1.29, 1.82) is 0 Å². The van der Waals surface area contributed by atoms with Gasteiger partial charge in [-0.25, -0.2) is 9.78 Å². The van der Waals surface area contributed by atoms with Gasteiger partial charge in [-0.2, -0.15) is 0 Å². The molecule has 2 aromatic rings. The summed E-state index contributed by atoms with van der Waals surface area (Å²) in [5.41, 5.74) is 3.52. The number of nitrogens with one attached hydrogen (secondary N) is 1. The van der Waals surface area contributed by atoms with Crippen molar-refractivity contribution >= 4 is 33.3 Å². The summed E-state index contributed by atoms with van der Waals surface area (Å²) in [5.74, 6) is 0. The second-order valence-corrected chi connectivity index (χ2v) is 7.79. The Kier molecular flexibility index (Phi) is 4.87. The van der Waals surface area contributed by atoms with Crippen molar-refractivity contribution in [2.24, 2.45) is 0 Å². The van der Waals surface area contributed by atoms with E-state index in [9.17, 15) is 9.90 Å². The topological polar surface area (TPSA) is 68.7 Å². The zero-order chi connectivity index (χ0) is 17.2. The quantitative estimate of drug-likeness (QED) is 0.864. The van der Waals surface area contributed by atoms with E-state index in [1.807, 2.05) is 28.6 Å². The normalized spacial score (nSPS) is 25.2. The Labute approximate surface area is 151 Å². The highest BCUT2D eigenvalue weighted by Crippen LogP contribution is 2.25. The van der Waals surface area contributed by atoms with E-state index in [0.29, 0.717) is 13.1 Å². The number of aliphatic hydroxyl groups is 1. The number of urea groups is 1. The van der Waals surface area contributed by atoms with Gasteiger partial charge in [-0.1, -0.05) is 12.8 Å². The maximum Gasteiger partial charge on any atom is 0.321 e. The first kappa shape index (κ1) is 16.8. The first-order valence-electron chi connectivity index (χ1n) is 9.02. The maximum atomic E-state index is 12.5. The van der Waals surface area contributed by atoms with Crippen molar-refractivity contribution in [1.82, 2.24) is 14.8 Å². The first-order valence-corrected chi connectivity index (χ1v) is 9.90. The predicted octanol–water partition coefficient (Wildman–Crippen LogP) is 2.75. The van der Waals surface area contributed by atoms with Crippen molar-refractivity contribution in [2.75, 3.05) is 31.5 Å². The summed E-state index contributed by atoms with van der Waals surface area (Å²) in [6.07, 6.45) is 4.09. The van der Waals surface area contributed by atoms with Crippen LogP contribution in [0.4, 0.5) is 10.5 Å². The summed E-state index contributed by atoms with van der Waals surface area (Å²) in [6, 6.07) is 6.04. The Morgan fingerprint density at radius 2 is 2.00 bits per heavy atom. The molecule has 2 N–H and O–H groups in total. The van der Waals surface area contributed by atoms with Crippen LogP contribution in [0.25, 0.3) is 10.2 Å². The van der Waals surface area contributed by atoms with Crippen LogP contribution in [-0.2, 0) is 0 Å². The van der Waals surface area contributed by atoms with Crippen molar-refractivity contribution in [3.8, 4) is 0 Å². The van der Waals surface area contributed by atoms with Gasteiger partial charge in [-0.15, -0.1) is 11.3 Å². The van der Waals surface area contributed by atoms with Gasteiger partial charge < -0.3 is 15.3 Å². The Morgan fingerprint density at radius 3 is 2.80 bits per heavy atom. The number of carbonyl (C=O) groups excluding carboxylic acids is 1. The van der Waals surface area contributed by atoms with Crippen molar-refractivity contribution < 1.29 is 9.90 Å². The fourth-order valence-corrected chi connectivity index (χ4v) is 4.57. The van der Waals surface area contributed by atoms with Gasteiger partial charge in [-0.3, -0.25) is 4.90 Å². The number of thiazole rings is 1. The van der Waals surface area contributed by atoms with Gasteiger partial charge in [0.1, 0.15) is 0 Å². The molecule has 2 aliphatic rings. The predicted molar refractivity (Wildman–Crippen MR) is 100 cm³/mol. The minimum atomic E-state index is -0.209. The Morgan fingerprint density at radius 1 is 1.20 bits per heavy atom. The zero-order valence-corrected chi connectivity index (χ0v) is 15.0. The van der Waals surface area contributed by atoms with Gasteiger partial charge in [0.15, 0.2) is 0 Å². The number of piperazine rings is 1. The summed E-state index contributed by atoms with van der Waals surface area (Å²) < 4.78 is 1.12. The largest absolute Gasteiger partial charge is 0.391 e. The number of nitrogens with zero attached hydrogens (tertiary/aromatic N) is 3. The van der Waals surface area contributed by atoms with Gasteiger partial charge in [0.25, 0.3) is 0 Å². The molecule has 2 heterocycles. The molecule has 25 heavy (non-hydrogen) atoms. The SMILES string of the molecule is O=C(Nc1ccc2scnc2c1)N1CCN([C@H]2CCCC[C@@H]2O)CC1. The van der Waals surface area contributed by atoms with E-state index in [1.54, 1.807) is 11.3 Å². The number of fused-ring (bicyclic) bond motifs is 1. The number of aromatic nitrogens is 1. The van der Waals surface area contributed by atoms with Crippen molar-refractivity contribution in [3.63, 3.8) is 0 Å². The molecular formula is C18H24N4O2S. The Balaban J connectivity index is 1.33. The summed E-state index contributed by atoms with van der Waals surface area (Å²) in [4.78, 5) is 21.0. The van der Waals surface area contributed by atoms with Gasteiger partial charge >= 0.3 is 6.03 Å². The highest BCUT2D eigenvalue weighted by molar-refractivity contribution is 7.16. The Bertz CT molecular complexity index is 742. The molecule has 0 bridgehead atoms. The Hall–Kier alpha value is -1.70. The van der Waals surface area contributed by atoms with Crippen molar-refractivity contribution in [3.05, 3.63) is 23.7 Å². The molecule has 6 nitrogen and oxygen atoms in total. The van der Waals surface area contributed by atoms with Crippen molar-refractivity contribution in [2.45, 2.75) is 37.8 Å². The van der Waals surface area contributed by atoms with E-state index >= 15 is 0 Å². The number of rotatable bonds is 2. The average Bonchev–Trinajstić information content (AvgIpc) is 3.10. The minimum absolute atomic E-state index is 0.0570. The van der Waals surface area contributed by atoms with Gasteiger partial charge in [0, 0.05) is 37.9 Å². The van der Waals surface area contributed by atoms with E-state index in [2.05, 4.69) is 15.2 Å². The van der Waals surface area contributed by atoms with E-state index in [0.717, 1.165) is 48.3 Å². The van der Waals surface area contributed by atoms with Crippen LogP contribution in [0.15, 0.2) is 23.7 Å². The number of hydrogen-bond acceptors (Lipinski definition) is 5. The lowest BCUT2D eigenvalue weighted by Crippen LogP contribution is -2.56. The monoisotopic (exact) mass is 360 g/mol. The van der Waals surface area contributed by atoms with E-state index in [-0.39, 0.29) is 18.2 Å². The molecule has 2 fully saturated rings. The van der Waals surface area contributed by atoms with Crippen LogP contribution in [-0.4, -0.2) is 64.2 Å². The van der Waals surface area contributed by atoms with Crippen LogP contribution in [0, 0.1) is 0 Å². The number of carbonyl (C=O) groups is 1. The molecule has 0 radical (unpaired) electrons. The number of aliphatic hydroxyl groups excluding tert-OH is 1. The van der Waals surface area contributed by atoms with Gasteiger partial charge in [0.05, 0.1) is 21.8 Å². The van der Waals surface area contributed by atoms with Gasteiger partial charge in [0.2, 0.25) is 0 Å². The molecule has 0 spiro atoms. The van der Waals surface area contributed by atoms with Crippen LogP contribution in [0.5, 0.6) is 0 Å². The third kappa shape index (κ3) is 3.63. The lowest BCUT2D eigenvalue weighted by molar-refractivity contribution is 0.00275. The minimum Gasteiger partial charge on any atom is -0.391 e. The molecule has 7 heteroatoms. The first-order chi connectivity index (χ1) is 12.2. The van der Waals surface area contributed by atoms with Crippen LogP contribution >= 0.6 is 11.3 Å². The zero-order valence-electron chi connectivity index (χ0n) is 14.2. The molecule has 1 saturated heterocycles. The fourth-order valence-electron chi connectivity index (χ4n) is 3.91. The molecule has 4 rings (SSSR count). The number of benzene rings is 1. The van der Waals surface area contributed by atoms with Crippen LogP contribution in [0.3, 0.4) is 0 Å². The molecule has 2 amide bonds. The van der Waals surface area contributed by atoms with E-state index < -0.39 is 0 Å². The molecule has 1 aromatic carbocycles. The number of anilines is 1. The van der Waals surface area contributed by atoms with Crippen LogP contribution in [0.2, 0.25) is 0 Å². The van der Waals surface area contributed by atoms with E-state index in [4.69, 9.17) is 0 Å². The number of hydrogen-bond donors (Lipinski definition) is 2. The molecule has 134 valence electrons. The highest BCUT2D eigenvalue weighted by atomic mass is 32.1. The average molecular weight is 360 g/mol. The van der Waals surface area contributed by atoms with Crippen LogP contribution < -0.4 is 5.32 Å². The summed E-state index contributed by atoms with van der Waals surface area (Å²) in [7, 11) is 0. The smallest absolute Gasteiger partial charge is 0.321 e. The third-order valence-corrected chi connectivity index (χ3v) is 6.16. The molecule has 1 aliphatic carbocycles. The van der Waals surface area contributed by atoms with Crippen LogP contribution in [0.1, 0.15) is 25.7 Å². The fraction of sp³-hybridized carbons (Fsp3) is 0.556. The van der Waals surface area contributed by atoms with E-state index in [1.165, 1.54) is 6.42 Å². The molecule has 1 aromatic heterocycles. The van der Waals surface area contributed by atoms with Gasteiger partial charge in [-0.05, 0) is 31.0 Å².